The van der Waals surface area contributed by atoms with Crippen molar-refractivity contribution in [3.63, 3.8) is 0 Å². The summed E-state index contributed by atoms with van der Waals surface area (Å²) in [5, 5.41) is 20.8. The van der Waals surface area contributed by atoms with Gasteiger partial charge in [0.15, 0.2) is 6.10 Å². The molecule has 740 valence electrons. The molecule has 5 unspecified atom stereocenters. The summed E-state index contributed by atoms with van der Waals surface area (Å²) in [6.45, 7) is 2.42. The van der Waals surface area contributed by atoms with Crippen LogP contribution in [0.25, 0.3) is 0 Å². The van der Waals surface area contributed by atoms with Gasteiger partial charge in [0.2, 0.25) is 0 Å². The van der Waals surface area contributed by atoms with Crippen LogP contribution in [0.2, 0.25) is 0 Å². The van der Waals surface area contributed by atoms with Crippen LogP contribution in [0.5, 0.6) is 0 Å². The summed E-state index contributed by atoms with van der Waals surface area (Å²) >= 11 is 0. The maximum Gasteiger partial charge on any atom is 0.472 e. The Morgan fingerprint density at radius 1 is 0.217 bits per heavy atom. The number of rotatable bonds is 98. The summed E-state index contributed by atoms with van der Waals surface area (Å²) < 4.78 is 61.7. The van der Waals surface area contributed by atoms with E-state index in [-0.39, 0.29) is 19.3 Å². The number of ether oxygens (including phenoxy) is 3. The molecule has 0 radical (unpaired) electrons. The molecule has 0 aliphatic heterocycles. The van der Waals surface area contributed by atoms with Crippen molar-refractivity contribution >= 4 is 33.6 Å². The third-order valence-electron chi connectivity index (χ3n) is 22.1. The zero-order valence-electron chi connectivity index (χ0n) is 82.0. The first kappa shape index (κ1) is 124. The van der Waals surface area contributed by atoms with Gasteiger partial charge in [-0.1, -0.05) is 453 Å². The molecule has 0 spiro atoms. The number of unbranched alkanes of at least 4 members (excludes halogenated alkanes) is 45. The Bertz CT molecular complexity index is 3080. The second-order valence-corrected chi connectivity index (χ2v) is 37.5. The summed E-state index contributed by atoms with van der Waals surface area (Å²) in [4.78, 5) is 59.3. The van der Waals surface area contributed by atoms with Crippen LogP contribution in [0.1, 0.15) is 445 Å². The summed E-state index contributed by atoms with van der Waals surface area (Å²) in [5.41, 5.74) is 0. The fraction of sp³-hybridized carbons (Fsp3) is 0.703. The summed E-state index contributed by atoms with van der Waals surface area (Å²) in [5.74, 6) is -1.56. The first-order chi connectivity index (χ1) is 63.2. The third-order valence-corrected chi connectivity index (χ3v) is 24.0. The number of carbonyl (C=O) groups is 3. The van der Waals surface area contributed by atoms with Gasteiger partial charge in [0.25, 0.3) is 0 Å². The lowest BCUT2D eigenvalue weighted by molar-refractivity contribution is -0.161. The lowest BCUT2D eigenvalue weighted by Gasteiger charge is -2.21. The number of aliphatic hydroxyl groups is 2. The number of hydrogen-bond acceptors (Lipinski definition) is 14. The Balaban J connectivity index is 4.59. The number of allylic oxidation sites excluding steroid dienone is 30. The second-order valence-electron chi connectivity index (χ2n) is 34.6. The summed E-state index contributed by atoms with van der Waals surface area (Å²) in [7, 11) is -9.82. The molecule has 4 N–H and O–H groups in total. The Labute approximate surface area is 789 Å². The van der Waals surface area contributed by atoms with Crippen molar-refractivity contribution in [3.05, 3.63) is 182 Å². The van der Waals surface area contributed by atoms with E-state index < -0.39 is 91.5 Å². The van der Waals surface area contributed by atoms with E-state index in [2.05, 4.69) is 203 Å². The van der Waals surface area contributed by atoms with Gasteiger partial charge in [0, 0.05) is 19.3 Å². The number of aliphatic hydroxyl groups excluding tert-OH is 2. The Morgan fingerprint density at radius 3 is 0.612 bits per heavy atom. The second kappa shape index (κ2) is 102. The van der Waals surface area contributed by atoms with Crippen molar-refractivity contribution in [3.8, 4) is 0 Å². The molecule has 18 heteroatoms. The molecule has 0 heterocycles. The molecule has 0 aromatic carbocycles. The van der Waals surface area contributed by atoms with Gasteiger partial charge in [-0.2, -0.15) is 0 Å². The topological polar surface area (TPSA) is 231 Å². The van der Waals surface area contributed by atoms with Crippen LogP contribution < -0.4 is 0 Å². The molecule has 0 aromatic heterocycles. The van der Waals surface area contributed by atoms with Gasteiger partial charge in [-0.15, -0.1) is 0 Å². The highest BCUT2D eigenvalue weighted by molar-refractivity contribution is 7.47. The number of phosphoric acid groups is 2. The average Bonchev–Trinajstić information content (AvgIpc) is 0.894. The highest BCUT2D eigenvalue weighted by Gasteiger charge is 2.30. The van der Waals surface area contributed by atoms with Crippen molar-refractivity contribution in [2.45, 2.75) is 463 Å². The van der Waals surface area contributed by atoms with E-state index in [0.29, 0.717) is 19.3 Å². The first-order valence-electron chi connectivity index (χ1n) is 52.1. The smallest absolute Gasteiger partial charge is 0.463 e. The van der Waals surface area contributed by atoms with Gasteiger partial charge < -0.3 is 34.2 Å². The van der Waals surface area contributed by atoms with Gasteiger partial charge in [-0.25, -0.2) is 9.13 Å². The number of phosphoric ester groups is 2. The van der Waals surface area contributed by atoms with Crippen LogP contribution in [0.15, 0.2) is 182 Å². The molecule has 0 amide bonds. The van der Waals surface area contributed by atoms with Crippen LogP contribution in [-0.4, -0.2) is 95.9 Å². The Hall–Kier alpha value is -5.35. The molecular formula is C111H190O16P2. The van der Waals surface area contributed by atoms with E-state index >= 15 is 0 Å². The molecule has 0 saturated heterocycles. The molecule has 0 rings (SSSR count). The molecule has 0 saturated carbocycles. The highest BCUT2D eigenvalue weighted by Crippen LogP contribution is 2.45. The zero-order valence-corrected chi connectivity index (χ0v) is 83.8. The van der Waals surface area contributed by atoms with Crippen molar-refractivity contribution in [2.75, 3.05) is 39.6 Å². The Kier molecular flexibility index (Phi) is 97.4. The van der Waals surface area contributed by atoms with E-state index in [9.17, 15) is 43.5 Å². The molecule has 16 nitrogen and oxygen atoms in total. The normalized spacial score (nSPS) is 14.4. The monoisotopic (exact) mass is 1840 g/mol. The van der Waals surface area contributed by atoms with E-state index in [0.717, 1.165) is 167 Å². The van der Waals surface area contributed by atoms with Gasteiger partial charge in [0.05, 0.1) is 26.4 Å². The van der Waals surface area contributed by atoms with Crippen molar-refractivity contribution in [1.82, 2.24) is 0 Å². The lowest BCUT2D eigenvalue weighted by Crippen LogP contribution is -2.30. The van der Waals surface area contributed by atoms with E-state index in [1.807, 2.05) is 0 Å². The van der Waals surface area contributed by atoms with Crippen molar-refractivity contribution in [2.24, 2.45) is 0 Å². The number of esters is 3. The van der Waals surface area contributed by atoms with E-state index in [4.69, 9.17) is 32.3 Å². The molecule has 0 fully saturated rings. The quantitative estimate of drug-likeness (QED) is 0.0146. The molecule has 5 atom stereocenters. The van der Waals surface area contributed by atoms with Crippen LogP contribution in [0, 0.1) is 0 Å². The van der Waals surface area contributed by atoms with Crippen LogP contribution in [0.4, 0.5) is 0 Å². The molecule has 0 aromatic rings. The summed E-state index contributed by atoms with van der Waals surface area (Å²) in [6.07, 6.45) is 135. The minimum Gasteiger partial charge on any atom is -0.463 e. The molecule has 0 aliphatic carbocycles. The highest BCUT2D eigenvalue weighted by atomic mass is 31.2. The average molecular weight is 1840 g/mol. The van der Waals surface area contributed by atoms with Gasteiger partial charge in [0.1, 0.15) is 25.4 Å². The predicted molar refractivity (Wildman–Crippen MR) is 546 cm³/mol. The van der Waals surface area contributed by atoms with E-state index in [1.165, 1.54) is 218 Å². The Morgan fingerprint density at radius 2 is 0.388 bits per heavy atom. The molecule has 0 aliphatic rings. The molecule has 0 bridgehead atoms. The first-order valence-corrected chi connectivity index (χ1v) is 55.1. The zero-order chi connectivity index (χ0) is 93.5. The van der Waals surface area contributed by atoms with Crippen LogP contribution in [0.3, 0.4) is 0 Å². The lowest BCUT2D eigenvalue weighted by atomic mass is 10.0. The van der Waals surface area contributed by atoms with E-state index in [1.54, 1.807) is 0 Å². The minimum atomic E-state index is -4.95. The van der Waals surface area contributed by atoms with Gasteiger partial charge in [-0.3, -0.25) is 32.5 Å². The third kappa shape index (κ3) is 103. The van der Waals surface area contributed by atoms with Crippen LogP contribution in [-0.2, 0) is 55.8 Å². The van der Waals surface area contributed by atoms with Crippen molar-refractivity contribution in [1.29, 1.82) is 0 Å². The largest absolute Gasteiger partial charge is 0.472 e. The standard InChI is InChI=1S/C111H190O16P2/c1-4-7-10-13-16-19-22-25-28-31-34-37-40-43-46-48-50-52-54-56-59-61-64-67-70-73-76-79-82-85-88-91-94-97-109(114)121-100-106(112)101-123-128(117,118)124-102-107(113)103-125-129(119,120)126-105-108(127-111(116)99-96-93-90-87-84-81-78-75-72-69-66-63-58-45-42-39-36-33-30-27-24-21-18-15-12-9-6-3)104-122-110(115)98-95-92-89-86-83-80-77-74-71-68-65-62-60-57-55-53-51-49-47-44-41-38-35-32-29-26-23-20-17-14-11-8-5-2/h7-12,16-21,25-30,34-39,43-47,58,106-108,112-113H,4-6,13-15,22-24,31-33,40-42,48-57,59-105H2,1-3H3,(H,117,118)(H,119,120)/b10-7-,11-8-,12-9-,19-16-,20-17-,21-18-,28-25-,29-26-,30-27-,37-34-,38-35-,39-36-,46-43-,47-44-,58-45-. The molecular weight excluding hydrogens is 1650 g/mol. The number of carbonyl (C=O) groups excluding carboxylic acids is 3. The fourth-order valence-corrected chi connectivity index (χ4v) is 15.9. The minimum absolute atomic E-state index is 0.0979. The SMILES string of the molecule is CC/C=C\C/C=C\C/C=C\C/C=C\C/C=C\CCCCCCCCCCCCCCCCCCCC(=O)OCC(O)COP(=O)(O)OCC(O)COP(=O)(O)OCC(COC(=O)CCCCCCCCCCCCCCCCCCC/C=C\C/C=C\C/C=C\C/C=C\C/C=C\CC)OC(=O)CCCCCCCCCCCCC/C=C\C/C=C\C/C=C\C/C=C\C/C=C\CC. The predicted octanol–water partition coefficient (Wildman–Crippen LogP) is 33.1. The van der Waals surface area contributed by atoms with Gasteiger partial charge >= 0.3 is 33.6 Å². The maximum absolute atomic E-state index is 13.1. The van der Waals surface area contributed by atoms with Gasteiger partial charge in [-0.05, 0) is 154 Å². The fourth-order valence-electron chi connectivity index (χ4n) is 14.4. The number of hydrogen-bond donors (Lipinski definition) is 4. The molecule has 129 heavy (non-hydrogen) atoms. The van der Waals surface area contributed by atoms with Crippen LogP contribution >= 0.6 is 15.6 Å². The van der Waals surface area contributed by atoms with Crippen molar-refractivity contribution < 1.29 is 75.8 Å². The maximum atomic E-state index is 13.1. The summed E-state index contributed by atoms with van der Waals surface area (Å²) in [6, 6.07) is 0.